The van der Waals surface area contributed by atoms with Crippen LogP contribution in [0, 0.1) is 5.92 Å². The van der Waals surface area contributed by atoms with Crippen LogP contribution >= 0.6 is 0 Å². The van der Waals surface area contributed by atoms with Crippen molar-refractivity contribution in [1.82, 2.24) is 10.6 Å². The lowest BCUT2D eigenvalue weighted by Gasteiger charge is -2.33. The molecule has 0 aromatic heterocycles. The highest BCUT2D eigenvalue weighted by Crippen LogP contribution is 2.29. The molecule has 4 heteroatoms. The van der Waals surface area contributed by atoms with Gasteiger partial charge in [-0.05, 0) is 35.4 Å². The van der Waals surface area contributed by atoms with Crippen LogP contribution in [0.15, 0.2) is 54.6 Å². The minimum atomic E-state index is 0.506. The summed E-state index contributed by atoms with van der Waals surface area (Å²) in [5, 5.41) is 7.47. The zero-order valence-corrected chi connectivity index (χ0v) is 16.6. The molecular formula is C24H32N2O2. The van der Waals surface area contributed by atoms with Crippen LogP contribution in [0.5, 0.6) is 0 Å². The van der Waals surface area contributed by atoms with Crippen LogP contribution < -0.4 is 10.6 Å². The van der Waals surface area contributed by atoms with Crippen LogP contribution in [0.2, 0.25) is 0 Å². The summed E-state index contributed by atoms with van der Waals surface area (Å²) in [6.07, 6.45) is 3.88. The van der Waals surface area contributed by atoms with Crippen molar-refractivity contribution in [3.05, 3.63) is 71.3 Å². The molecule has 1 aliphatic heterocycles. The first-order chi connectivity index (χ1) is 13.9. The Morgan fingerprint density at radius 2 is 1.79 bits per heavy atom. The number of benzene rings is 2. The van der Waals surface area contributed by atoms with Crippen molar-refractivity contribution in [2.45, 2.75) is 51.1 Å². The first-order valence-electron chi connectivity index (χ1n) is 10.6. The lowest BCUT2D eigenvalue weighted by Crippen LogP contribution is -2.50. The number of morpholine rings is 1. The average molecular weight is 381 g/mol. The van der Waals surface area contributed by atoms with Crippen molar-refractivity contribution in [3.63, 3.8) is 0 Å². The molecule has 3 atom stereocenters. The van der Waals surface area contributed by atoms with Gasteiger partial charge in [-0.1, -0.05) is 61.0 Å². The summed E-state index contributed by atoms with van der Waals surface area (Å²) in [4.78, 5) is 0. The highest BCUT2D eigenvalue weighted by molar-refractivity contribution is 5.23. The van der Waals surface area contributed by atoms with Crippen LogP contribution in [0.25, 0.3) is 0 Å². The topological polar surface area (TPSA) is 42.5 Å². The largest absolute Gasteiger partial charge is 0.379 e. The molecule has 0 spiro atoms. The van der Waals surface area contributed by atoms with E-state index in [1.807, 2.05) is 6.07 Å². The summed E-state index contributed by atoms with van der Waals surface area (Å²) in [5.41, 5.74) is 3.78. The quantitative estimate of drug-likeness (QED) is 0.734. The molecule has 28 heavy (non-hydrogen) atoms. The fourth-order valence-corrected chi connectivity index (χ4v) is 4.52. The van der Waals surface area contributed by atoms with E-state index in [9.17, 15) is 0 Å². The Kier molecular flexibility index (Phi) is 7.12. The normalized spacial score (nSPS) is 25.1. The molecule has 4 nitrogen and oxygen atoms in total. The van der Waals surface area contributed by atoms with E-state index in [-0.39, 0.29) is 0 Å². The predicted molar refractivity (Wildman–Crippen MR) is 112 cm³/mol. The molecule has 2 aromatic rings. The van der Waals surface area contributed by atoms with E-state index in [4.69, 9.17) is 9.47 Å². The van der Waals surface area contributed by atoms with Gasteiger partial charge in [-0.15, -0.1) is 0 Å². The Labute approximate surface area is 168 Å². The monoisotopic (exact) mass is 380 g/mol. The third-order valence-corrected chi connectivity index (χ3v) is 5.98. The maximum Gasteiger partial charge on any atom is 0.0721 e. The van der Waals surface area contributed by atoms with Crippen LogP contribution in [0.3, 0.4) is 0 Å². The van der Waals surface area contributed by atoms with Crippen molar-refractivity contribution in [1.29, 1.82) is 0 Å². The highest BCUT2D eigenvalue weighted by Gasteiger charge is 2.34. The van der Waals surface area contributed by atoms with E-state index >= 15 is 0 Å². The average Bonchev–Trinajstić information content (AvgIpc) is 3.23. The molecule has 1 saturated heterocycles. The van der Waals surface area contributed by atoms with E-state index < -0.39 is 0 Å². The summed E-state index contributed by atoms with van der Waals surface area (Å²) in [6.45, 7) is 4.92. The Hall–Kier alpha value is -1.72. The van der Waals surface area contributed by atoms with E-state index in [1.54, 1.807) is 0 Å². The minimum absolute atomic E-state index is 0.506. The van der Waals surface area contributed by atoms with Gasteiger partial charge in [-0.2, -0.15) is 0 Å². The molecule has 1 aliphatic carbocycles. The molecule has 1 saturated carbocycles. The van der Waals surface area contributed by atoms with Gasteiger partial charge in [0.05, 0.1) is 26.4 Å². The summed E-state index contributed by atoms with van der Waals surface area (Å²) in [7, 11) is 0. The molecule has 0 amide bonds. The Morgan fingerprint density at radius 3 is 2.64 bits per heavy atom. The zero-order chi connectivity index (χ0) is 19.0. The SMILES string of the molecule is c1ccc(COCc2cccc(CNC3CCCC3C3COCCN3)c2)cc1. The Morgan fingerprint density at radius 1 is 0.964 bits per heavy atom. The smallest absolute Gasteiger partial charge is 0.0721 e. The number of ether oxygens (including phenoxy) is 2. The summed E-state index contributed by atoms with van der Waals surface area (Å²) in [6, 6.07) is 20.2. The van der Waals surface area contributed by atoms with Crippen molar-refractivity contribution >= 4 is 0 Å². The van der Waals surface area contributed by atoms with Crippen molar-refractivity contribution in [3.8, 4) is 0 Å². The van der Waals surface area contributed by atoms with Crippen LogP contribution in [-0.2, 0) is 29.2 Å². The van der Waals surface area contributed by atoms with Gasteiger partial charge in [-0.3, -0.25) is 0 Å². The zero-order valence-electron chi connectivity index (χ0n) is 16.6. The van der Waals surface area contributed by atoms with Crippen molar-refractivity contribution < 1.29 is 9.47 Å². The van der Waals surface area contributed by atoms with Gasteiger partial charge in [0.25, 0.3) is 0 Å². The molecule has 3 unspecified atom stereocenters. The standard InChI is InChI=1S/C24H32N2O2/c1-2-6-19(7-3-1)16-28-17-21-9-4-8-20(14-21)15-26-23-11-5-10-22(23)24-18-27-13-12-25-24/h1-4,6-9,14,22-26H,5,10-13,15-18H2. The van der Waals surface area contributed by atoms with Gasteiger partial charge in [0.1, 0.15) is 0 Å². The van der Waals surface area contributed by atoms with E-state index in [0.29, 0.717) is 31.2 Å². The molecule has 0 radical (unpaired) electrons. The minimum Gasteiger partial charge on any atom is -0.379 e. The first kappa shape index (κ1) is 19.6. The third-order valence-electron chi connectivity index (χ3n) is 5.98. The van der Waals surface area contributed by atoms with Gasteiger partial charge < -0.3 is 20.1 Å². The lowest BCUT2D eigenvalue weighted by molar-refractivity contribution is 0.0524. The maximum atomic E-state index is 5.89. The van der Waals surface area contributed by atoms with Gasteiger partial charge in [0.2, 0.25) is 0 Å². The fraction of sp³-hybridized carbons (Fsp3) is 0.500. The lowest BCUT2D eigenvalue weighted by atomic mass is 9.94. The second-order valence-corrected chi connectivity index (χ2v) is 8.02. The summed E-state index contributed by atoms with van der Waals surface area (Å²) < 4.78 is 11.6. The van der Waals surface area contributed by atoms with Gasteiger partial charge in [-0.25, -0.2) is 0 Å². The Balaban J connectivity index is 1.26. The number of nitrogens with one attached hydrogen (secondary N) is 2. The first-order valence-corrected chi connectivity index (χ1v) is 10.6. The number of rotatable bonds is 8. The van der Waals surface area contributed by atoms with Crippen LogP contribution in [-0.4, -0.2) is 31.8 Å². The Bertz CT molecular complexity index is 716. The molecule has 4 rings (SSSR count). The van der Waals surface area contributed by atoms with Gasteiger partial charge >= 0.3 is 0 Å². The molecule has 0 bridgehead atoms. The van der Waals surface area contributed by atoms with Crippen LogP contribution in [0.4, 0.5) is 0 Å². The summed E-state index contributed by atoms with van der Waals surface area (Å²) >= 11 is 0. The molecule has 2 aromatic carbocycles. The van der Waals surface area contributed by atoms with Gasteiger partial charge in [0, 0.05) is 25.2 Å². The highest BCUT2D eigenvalue weighted by atomic mass is 16.5. The fourth-order valence-electron chi connectivity index (χ4n) is 4.52. The summed E-state index contributed by atoms with van der Waals surface area (Å²) in [5.74, 6) is 0.678. The number of hydrogen-bond acceptors (Lipinski definition) is 4. The maximum absolute atomic E-state index is 5.89. The number of hydrogen-bond donors (Lipinski definition) is 2. The van der Waals surface area contributed by atoms with Gasteiger partial charge in [0.15, 0.2) is 0 Å². The molecule has 1 heterocycles. The second-order valence-electron chi connectivity index (χ2n) is 8.02. The van der Waals surface area contributed by atoms with E-state index in [1.165, 1.54) is 36.0 Å². The third kappa shape index (κ3) is 5.42. The van der Waals surface area contributed by atoms with Crippen molar-refractivity contribution in [2.24, 2.45) is 5.92 Å². The molecule has 2 fully saturated rings. The van der Waals surface area contributed by atoms with Crippen LogP contribution in [0.1, 0.15) is 36.0 Å². The molecule has 150 valence electrons. The van der Waals surface area contributed by atoms with Crippen molar-refractivity contribution in [2.75, 3.05) is 19.8 Å². The predicted octanol–water partition coefficient (Wildman–Crippen LogP) is 3.65. The molecule has 2 aliphatic rings. The molecule has 2 N–H and O–H groups in total. The van der Waals surface area contributed by atoms with E-state index in [2.05, 4.69) is 59.2 Å². The second kappa shape index (κ2) is 10.2. The molecular weight excluding hydrogens is 348 g/mol. The van der Waals surface area contributed by atoms with E-state index in [0.717, 1.165) is 26.3 Å².